The zero-order valence-electron chi connectivity index (χ0n) is 8.11. The molecule has 0 bridgehead atoms. The summed E-state index contributed by atoms with van der Waals surface area (Å²) in [4.78, 5) is 10.1. The highest BCUT2D eigenvalue weighted by Gasteiger charge is 2.25. The van der Waals surface area contributed by atoms with E-state index in [0.717, 1.165) is 0 Å². The van der Waals surface area contributed by atoms with Crippen molar-refractivity contribution in [3.8, 4) is 0 Å². The molecule has 0 rings (SSSR count). The molecule has 0 amide bonds. The van der Waals surface area contributed by atoms with Crippen LogP contribution in [0.25, 0.3) is 0 Å². The number of aliphatic carboxylic acids is 1. The Morgan fingerprint density at radius 3 is 2.54 bits per heavy atom. The smallest absolute Gasteiger partial charge is 0.303 e. The number of carbonyl (C=O) groups is 1. The van der Waals surface area contributed by atoms with Crippen LogP contribution >= 0.6 is 0 Å². The summed E-state index contributed by atoms with van der Waals surface area (Å²) in [6.45, 7) is 5.45. The first-order chi connectivity index (χ1) is 5.84. The van der Waals surface area contributed by atoms with Crippen LogP contribution in [0, 0.1) is 0 Å². The number of rotatable bonds is 4. The predicted octanol–water partition coefficient (Wildman–Crippen LogP) is 1.38. The van der Waals surface area contributed by atoms with E-state index in [1.165, 1.54) is 6.21 Å². The number of carboxylic acids is 1. The number of carboxylic acid groups (broad SMARTS) is 1. The Labute approximate surface area is 81.4 Å². The number of nitrogens with zero attached hydrogens (tertiary/aromatic N) is 1. The molecule has 1 atom stereocenters. The molecule has 5 heteroatoms. The second kappa shape index (κ2) is 5.24. The molecular weight excluding hydrogens is 190 g/mol. The summed E-state index contributed by atoms with van der Waals surface area (Å²) in [5, 5.41) is 8.30. The van der Waals surface area contributed by atoms with Crippen molar-refractivity contribution in [2.75, 3.05) is 0 Å². The lowest BCUT2D eigenvalue weighted by Crippen LogP contribution is -2.25. The summed E-state index contributed by atoms with van der Waals surface area (Å²) < 4.78 is 14.7. The van der Waals surface area contributed by atoms with Gasteiger partial charge in [-0.15, -0.1) is 0 Å². The Morgan fingerprint density at radius 1 is 1.62 bits per heavy atom. The van der Waals surface area contributed by atoms with Crippen molar-refractivity contribution < 1.29 is 14.5 Å². The normalized spacial score (nSPS) is 14.8. The molecule has 0 saturated carbocycles. The fourth-order valence-electron chi connectivity index (χ4n) is 0.467. The third-order valence-corrected chi connectivity index (χ3v) is 2.57. The topological polar surface area (TPSA) is 72.7 Å². The van der Waals surface area contributed by atoms with E-state index in [4.69, 9.17) is 5.11 Å². The highest BCUT2D eigenvalue weighted by atomic mass is 32.2. The Balaban J connectivity index is 3.79. The first kappa shape index (κ1) is 12.4. The summed E-state index contributed by atoms with van der Waals surface area (Å²) in [6, 6.07) is 0. The Morgan fingerprint density at radius 2 is 2.15 bits per heavy atom. The van der Waals surface area contributed by atoms with Crippen molar-refractivity contribution in [2.45, 2.75) is 38.4 Å². The maximum absolute atomic E-state index is 11.3. The van der Waals surface area contributed by atoms with E-state index in [1.54, 1.807) is 0 Å². The standard InChI is InChI=1S/C8H15NO3S/c1-8(2,3)13(12)9-6-4-5-7(10)11/h6H,4-5H2,1-3H3,(H,10,11)/b9-6+/t13-/m1/s1. The van der Waals surface area contributed by atoms with Gasteiger partial charge in [-0.25, -0.2) is 0 Å². The molecule has 4 nitrogen and oxygen atoms in total. The van der Waals surface area contributed by atoms with E-state index in [-0.39, 0.29) is 11.2 Å². The minimum absolute atomic E-state index is 0.0326. The Hall–Kier alpha value is -0.550. The van der Waals surface area contributed by atoms with Crippen molar-refractivity contribution in [1.29, 1.82) is 0 Å². The quantitative estimate of drug-likeness (QED) is 0.556. The summed E-state index contributed by atoms with van der Waals surface area (Å²) >= 11 is -1.28. The van der Waals surface area contributed by atoms with Crippen LogP contribution in [-0.2, 0) is 16.2 Å². The van der Waals surface area contributed by atoms with Crippen molar-refractivity contribution in [2.24, 2.45) is 4.40 Å². The van der Waals surface area contributed by atoms with Gasteiger partial charge in [0.05, 0.1) is 12.6 Å². The number of hydrogen-bond acceptors (Lipinski definition) is 3. The third kappa shape index (κ3) is 6.60. The van der Waals surface area contributed by atoms with E-state index >= 15 is 0 Å². The van der Waals surface area contributed by atoms with Crippen LogP contribution in [0.2, 0.25) is 0 Å². The molecule has 1 N–H and O–H groups in total. The van der Waals surface area contributed by atoms with Gasteiger partial charge in [-0.2, -0.15) is 0 Å². The molecule has 0 aliphatic heterocycles. The van der Waals surface area contributed by atoms with Crippen LogP contribution in [0.3, 0.4) is 0 Å². The monoisotopic (exact) mass is 205 g/mol. The van der Waals surface area contributed by atoms with Crippen LogP contribution < -0.4 is 0 Å². The van der Waals surface area contributed by atoms with Gasteiger partial charge in [0.1, 0.15) is 16.1 Å². The van der Waals surface area contributed by atoms with Crippen LogP contribution in [0.4, 0.5) is 0 Å². The lowest BCUT2D eigenvalue weighted by atomic mass is 10.3. The fraction of sp³-hybridized carbons (Fsp3) is 0.750. The molecule has 0 heterocycles. The fourth-order valence-corrected chi connectivity index (χ4v) is 1.02. The highest BCUT2D eigenvalue weighted by Crippen LogP contribution is 2.16. The zero-order valence-corrected chi connectivity index (χ0v) is 8.93. The van der Waals surface area contributed by atoms with Gasteiger partial charge in [0, 0.05) is 0 Å². The summed E-state index contributed by atoms with van der Waals surface area (Å²) in [5.41, 5.74) is 0. The minimum Gasteiger partial charge on any atom is -0.591 e. The largest absolute Gasteiger partial charge is 0.591 e. The van der Waals surface area contributed by atoms with Gasteiger partial charge in [-0.1, -0.05) is 4.40 Å². The molecule has 0 unspecified atom stereocenters. The zero-order chi connectivity index (χ0) is 10.5. The summed E-state index contributed by atoms with van der Waals surface area (Å²) in [6.07, 6.45) is 1.78. The molecule has 0 saturated heterocycles. The molecule has 0 fully saturated rings. The van der Waals surface area contributed by atoms with Gasteiger partial charge in [-0.05, 0) is 27.2 Å². The molecule has 76 valence electrons. The first-order valence-electron chi connectivity index (χ1n) is 4.00. The van der Waals surface area contributed by atoms with Gasteiger partial charge < -0.3 is 9.66 Å². The highest BCUT2D eigenvalue weighted by molar-refractivity contribution is 7.91. The van der Waals surface area contributed by atoms with Gasteiger partial charge >= 0.3 is 5.97 Å². The molecule has 0 aromatic carbocycles. The molecule has 0 aromatic rings. The second-order valence-corrected chi connectivity index (χ2v) is 5.52. The van der Waals surface area contributed by atoms with E-state index in [2.05, 4.69) is 4.40 Å². The van der Waals surface area contributed by atoms with E-state index in [1.807, 2.05) is 20.8 Å². The molecule has 0 aromatic heterocycles. The average Bonchev–Trinajstić information content (AvgIpc) is 1.95. The lowest BCUT2D eigenvalue weighted by Gasteiger charge is -2.17. The van der Waals surface area contributed by atoms with Gasteiger partial charge in [0.25, 0.3) is 0 Å². The lowest BCUT2D eigenvalue weighted by molar-refractivity contribution is -0.136. The Kier molecular flexibility index (Phi) is 5.02. The van der Waals surface area contributed by atoms with Crippen LogP contribution in [-0.4, -0.2) is 26.6 Å². The van der Waals surface area contributed by atoms with Gasteiger partial charge in [0.15, 0.2) is 0 Å². The average molecular weight is 205 g/mol. The third-order valence-electron chi connectivity index (χ3n) is 1.18. The van der Waals surface area contributed by atoms with Crippen molar-refractivity contribution in [1.82, 2.24) is 0 Å². The van der Waals surface area contributed by atoms with E-state index in [0.29, 0.717) is 6.42 Å². The molecule has 0 spiro atoms. The van der Waals surface area contributed by atoms with Crippen molar-refractivity contribution in [3.63, 3.8) is 0 Å². The number of hydrogen-bond donors (Lipinski definition) is 1. The molecule has 13 heavy (non-hydrogen) atoms. The Bertz CT molecular complexity index is 198. The van der Waals surface area contributed by atoms with Gasteiger partial charge in [-0.3, -0.25) is 4.79 Å². The van der Waals surface area contributed by atoms with Crippen molar-refractivity contribution >= 4 is 23.5 Å². The SMILES string of the molecule is CC(C)(C)[S@@+]([O-])/N=C/CCC(=O)O. The maximum Gasteiger partial charge on any atom is 0.303 e. The van der Waals surface area contributed by atoms with Crippen LogP contribution in [0.1, 0.15) is 33.6 Å². The molecule has 0 aliphatic rings. The molecule has 0 radical (unpaired) electrons. The predicted molar refractivity (Wildman–Crippen MR) is 53.3 cm³/mol. The maximum atomic E-state index is 11.3. The van der Waals surface area contributed by atoms with Crippen molar-refractivity contribution in [3.05, 3.63) is 0 Å². The van der Waals surface area contributed by atoms with E-state index in [9.17, 15) is 9.35 Å². The summed E-state index contributed by atoms with van der Waals surface area (Å²) in [5.74, 6) is -0.868. The second-order valence-electron chi connectivity index (χ2n) is 3.58. The van der Waals surface area contributed by atoms with E-state index < -0.39 is 17.3 Å². The molecular formula is C8H15NO3S. The first-order valence-corrected chi connectivity index (χ1v) is 5.11. The molecule has 0 aliphatic carbocycles. The van der Waals surface area contributed by atoms with Crippen LogP contribution in [0.5, 0.6) is 0 Å². The van der Waals surface area contributed by atoms with Crippen LogP contribution in [0.15, 0.2) is 4.40 Å². The van der Waals surface area contributed by atoms with Gasteiger partial charge in [0.2, 0.25) is 0 Å². The minimum atomic E-state index is -1.28. The summed E-state index contributed by atoms with van der Waals surface area (Å²) in [7, 11) is 0.